The first-order valence-corrected chi connectivity index (χ1v) is 4.53. The zero-order valence-electron chi connectivity index (χ0n) is 8.70. The molecule has 2 N–H and O–H groups in total. The molecular weight excluding hydrogens is 184 g/mol. The largest absolute Gasteiger partial charge is 0.325 e. The van der Waals surface area contributed by atoms with E-state index in [2.05, 4.69) is 0 Å². The fourth-order valence-corrected chi connectivity index (χ4v) is 1.31. The predicted molar refractivity (Wildman–Crippen MR) is 53.1 cm³/mol. The highest BCUT2D eigenvalue weighted by atomic mass is 19.1. The molecule has 0 heterocycles. The van der Waals surface area contributed by atoms with Crippen molar-refractivity contribution in [1.29, 1.82) is 0 Å². The number of rotatable bonds is 2. The van der Waals surface area contributed by atoms with Crippen molar-refractivity contribution in [3.05, 3.63) is 34.9 Å². The Labute approximate surface area is 82.9 Å². The Kier molecular flexibility index (Phi) is 2.90. The molecule has 0 bridgehead atoms. The van der Waals surface area contributed by atoms with Gasteiger partial charge >= 0.3 is 0 Å². The lowest BCUT2D eigenvalue weighted by molar-refractivity contribution is 0.492. The zero-order chi connectivity index (χ0) is 10.9. The lowest BCUT2D eigenvalue weighted by atomic mass is 9.95. The third kappa shape index (κ3) is 2.77. The van der Waals surface area contributed by atoms with E-state index in [4.69, 9.17) is 5.73 Å². The molecule has 0 radical (unpaired) electrons. The van der Waals surface area contributed by atoms with Gasteiger partial charge in [0.2, 0.25) is 0 Å². The van der Waals surface area contributed by atoms with Crippen LogP contribution in [0.3, 0.4) is 0 Å². The molecule has 0 fully saturated rings. The Hall–Kier alpha value is -0.960. The van der Waals surface area contributed by atoms with E-state index in [0.29, 0.717) is 17.5 Å². The minimum absolute atomic E-state index is 0.320. The normalized spacial score (nSPS) is 11.9. The van der Waals surface area contributed by atoms with Gasteiger partial charge in [-0.05, 0) is 50.5 Å². The van der Waals surface area contributed by atoms with Gasteiger partial charge in [0.15, 0.2) is 0 Å². The Morgan fingerprint density at radius 1 is 1.21 bits per heavy atom. The molecule has 0 atom stereocenters. The summed E-state index contributed by atoms with van der Waals surface area (Å²) in [7, 11) is 0. The molecule has 1 aromatic carbocycles. The van der Waals surface area contributed by atoms with Crippen LogP contribution in [0.1, 0.15) is 25.0 Å². The van der Waals surface area contributed by atoms with Gasteiger partial charge in [0.1, 0.15) is 11.6 Å². The molecule has 0 aliphatic heterocycles. The molecule has 14 heavy (non-hydrogen) atoms. The second kappa shape index (κ2) is 3.65. The summed E-state index contributed by atoms with van der Waals surface area (Å²) in [4.78, 5) is 0. The highest BCUT2D eigenvalue weighted by molar-refractivity contribution is 5.26. The van der Waals surface area contributed by atoms with E-state index < -0.39 is 5.54 Å². The predicted octanol–water partition coefficient (Wildman–Crippen LogP) is 2.55. The van der Waals surface area contributed by atoms with Gasteiger partial charge in [-0.1, -0.05) is 0 Å². The van der Waals surface area contributed by atoms with Crippen molar-refractivity contribution in [2.24, 2.45) is 5.73 Å². The third-order valence-corrected chi connectivity index (χ3v) is 1.97. The lowest BCUT2D eigenvalue weighted by Crippen LogP contribution is -2.34. The summed E-state index contributed by atoms with van der Waals surface area (Å²) in [6.45, 7) is 5.10. The van der Waals surface area contributed by atoms with Gasteiger partial charge in [-0.15, -0.1) is 0 Å². The summed E-state index contributed by atoms with van der Waals surface area (Å²) >= 11 is 0. The molecule has 1 rings (SSSR count). The van der Waals surface area contributed by atoms with Crippen molar-refractivity contribution in [3.8, 4) is 0 Å². The third-order valence-electron chi connectivity index (χ3n) is 1.97. The molecule has 0 aromatic heterocycles. The van der Waals surface area contributed by atoms with Gasteiger partial charge in [-0.3, -0.25) is 0 Å². The monoisotopic (exact) mass is 199 g/mol. The second-order valence-electron chi connectivity index (χ2n) is 4.36. The summed E-state index contributed by atoms with van der Waals surface area (Å²) < 4.78 is 26.5. The maximum atomic E-state index is 13.3. The first-order chi connectivity index (χ1) is 6.29. The summed E-state index contributed by atoms with van der Waals surface area (Å²) in [6, 6.07) is 2.43. The minimum atomic E-state index is -0.525. The average Bonchev–Trinajstić information content (AvgIpc) is 1.97. The number of aryl methyl sites for hydroxylation is 1. The molecule has 0 saturated heterocycles. The Morgan fingerprint density at radius 2 is 1.79 bits per heavy atom. The Bertz CT molecular complexity index is 340. The number of benzene rings is 1. The van der Waals surface area contributed by atoms with Crippen LogP contribution in [0.25, 0.3) is 0 Å². The van der Waals surface area contributed by atoms with Crippen LogP contribution in [0.5, 0.6) is 0 Å². The van der Waals surface area contributed by atoms with Gasteiger partial charge in [0.05, 0.1) is 0 Å². The van der Waals surface area contributed by atoms with Gasteiger partial charge < -0.3 is 5.73 Å². The summed E-state index contributed by atoms with van der Waals surface area (Å²) in [5.74, 6) is -0.770. The second-order valence-corrected chi connectivity index (χ2v) is 4.36. The number of nitrogens with two attached hydrogens (primary N) is 1. The highest BCUT2D eigenvalue weighted by Crippen LogP contribution is 2.18. The van der Waals surface area contributed by atoms with E-state index >= 15 is 0 Å². The minimum Gasteiger partial charge on any atom is -0.325 e. The summed E-state index contributed by atoms with van der Waals surface area (Å²) in [5.41, 5.74) is 5.86. The van der Waals surface area contributed by atoms with Crippen molar-refractivity contribution in [2.45, 2.75) is 32.7 Å². The van der Waals surface area contributed by atoms with Crippen molar-refractivity contribution in [1.82, 2.24) is 0 Å². The van der Waals surface area contributed by atoms with Crippen LogP contribution in [-0.4, -0.2) is 5.54 Å². The standard InChI is InChI=1S/C11H15F2N/c1-7-4-10(13)8(5-9(7)12)6-11(2,3)14/h4-5H,6,14H2,1-3H3. The van der Waals surface area contributed by atoms with Gasteiger partial charge in [0, 0.05) is 5.54 Å². The van der Waals surface area contributed by atoms with Gasteiger partial charge in [-0.2, -0.15) is 0 Å². The van der Waals surface area contributed by atoms with Crippen LogP contribution in [0.15, 0.2) is 12.1 Å². The topological polar surface area (TPSA) is 26.0 Å². The molecule has 1 aromatic rings. The quantitative estimate of drug-likeness (QED) is 0.778. The fourth-order valence-electron chi connectivity index (χ4n) is 1.31. The fraction of sp³-hybridized carbons (Fsp3) is 0.455. The van der Waals surface area contributed by atoms with Crippen molar-refractivity contribution in [3.63, 3.8) is 0 Å². The van der Waals surface area contributed by atoms with E-state index in [0.717, 1.165) is 0 Å². The van der Waals surface area contributed by atoms with Crippen LogP contribution in [0, 0.1) is 18.6 Å². The summed E-state index contributed by atoms with van der Waals surface area (Å²) in [5, 5.41) is 0. The Morgan fingerprint density at radius 3 is 2.29 bits per heavy atom. The van der Waals surface area contributed by atoms with E-state index in [1.807, 2.05) is 0 Å². The van der Waals surface area contributed by atoms with Crippen molar-refractivity contribution in [2.75, 3.05) is 0 Å². The smallest absolute Gasteiger partial charge is 0.126 e. The van der Waals surface area contributed by atoms with E-state index in [-0.39, 0.29) is 11.6 Å². The van der Waals surface area contributed by atoms with Crippen LogP contribution in [-0.2, 0) is 6.42 Å². The highest BCUT2D eigenvalue weighted by Gasteiger charge is 2.16. The SMILES string of the molecule is Cc1cc(F)c(CC(C)(C)N)cc1F. The number of hydrogen-bond acceptors (Lipinski definition) is 1. The molecule has 0 spiro atoms. The summed E-state index contributed by atoms with van der Waals surface area (Å²) in [6.07, 6.45) is 0.329. The molecular formula is C11H15F2N. The van der Waals surface area contributed by atoms with Crippen LogP contribution in [0.2, 0.25) is 0 Å². The average molecular weight is 199 g/mol. The molecule has 3 heteroatoms. The molecule has 1 nitrogen and oxygen atoms in total. The molecule has 0 saturated carbocycles. The van der Waals surface area contributed by atoms with E-state index in [1.165, 1.54) is 19.1 Å². The zero-order valence-corrected chi connectivity index (χ0v) is 8.70. The molecule has 78 valence electrons. The Balaban J connectivity index is 3.04. The van der Waals surface area contributed by atoms with Crippen molar-refractivity contribution < 1.29 is 8.78 Å². The molecule has 0 aliphatic rings. The first-order valence-electron chi connectivity index (χ1n) is 4.53. The van der Waals surface area contributed by atoms with E-state index in [9.17, 15) is 8.78 Å². The van der Waals surface area contributed by atoms with Crippen LogP contribution < -0.4 is 5.73 Å². The maximum absolute atomic E-state index is 13.3. The van der Waals surface area contributed by atoms with Crippen molar-refractivity contribution >= 4 is 0 Å². The maximum Gasteiger partial charge on any atom is 0.126 e. The van der Waals surface area contributed by atoms with Gasteiger partial charge in [0.25, 0.3) is 0 Å². The van der Waals surface area contributed by atoms with Crippen LogP contribution in [0.4, 0.5) is 8.78 Å². The molecule has 0 unspecified atom stereocenters. The van der Waals surface area contributed by atoms with E-state index in [1.54, 1.807) is 13.8 Å². The molecule has 0 amide bonds. The van der Waals surface area contributed by atoms with Gasteiger partial charge in [-0.25, -0.2) is 8.78 Å². The first kappa shape index (κ1) is 11.1. The number of halogens is 2. The lowest BCUT2D eigenvalue weighted by Gasteiger charge is -2.19. The number of hydrogen-bond donors (Lipinski definition) is 1. The molecule has 0 aliphatic carbocycles. The van der Waals surface area contributed by atoms with Crippen LogP contribution >= 0.6 is 0 Å².